The molecule has 0 unspecified atom stereocenters. The predicted octanol–water partition coefficient (Wildman–Crippen LogP) is 3.84. The normalized spacial score (nSPS) is 30.6. The van der Waals surface area contributed by atoms with E-state index in [2.05, 4.69) is 0 Å². The van der Waals surface area contributed by atoms with Crippen LogP contribution in [0.25, 0.3) is 0 Å². The average Bonchev–Trinajstić information content (AvgIpc) is 2.86. The summed E-state index contributed by atoms with van der Waals surface area (Å²) in [5, 5.41) is 10.2. The van der Waals surface area contributed by atoms with E-state index < -0.39 is 10.7 Å². The van der Waals surface area contributed by atoms with Crippen LogP contribution < -0.4 is 0 Å². The van der Waals surface area contributed by atoms with Crippen molar-refractivity contribution < 1.29 is 9.90 Å². The molecule has 3 heteroatoms. The quantitative estimate of drug-likeness (QED) is 0.831. The standard InChI is InChI=1S/C14H22O2S/c15-12(16)14(17-11-5-1-2-6-11)9-13(10-14)7-3-4-8-13/h11H,1-10H2,(H,15,16). The van der Waals surface area contributed by atoms with Crippen molar-refractivity contribution in [1.29, 1.82) is 0 Å². The van der Waals surface area contributed by atoms with Gasteiger partial charge < -0.3 is 5.11 Å². The summed E-state index contributed by atoms with van der Waals surface area (Å²) in [6, 6.07) is 0. The Hall–Kier alpha value is -0.180. The number of hydrogen-bond donors (Lipinski definition) is 1. The van der Waals surface area contributed by atoms with Gasteiger partial charge in [-0.15, -0.1) is 11.8 Å². The minimum atomic E-state index is -0.535. The summed E-state index contributed by atoms with van der Waals surface area (Å²) in [5.74, 6) is -0.535. The van der Waals surface area contributed by atoms with E-state index >= 15 is 0 Å². The van der Waals surface area contributed by atoms with Gasteiger partial charge in [0.05, 0.1) is 0 Å². The summed E-state index contributed by atoms with van der Waals surface area (Å²) in [5.41, 5.74) is 0.435. The summed E-state index contributed by atoms with van der Waals surface area (Å²) < 4.78 is -0.403. The molecule has 2 nitrogen and oxygen atoms in total. The SMILES string of the molecule is O=C(O)C1(SC2CCCC2)CC2(CCCC2)C1. The van der Waals surface area contributed by atoms with Crippen molar-refractivity contribution >= 4 is 17.7 Å². The minimum Gasteiger partial charge on any atom is -0.480 e. The van der Waals surface area contributed by atoms with E-state index in [0.717, 1.165) is 12.8 Å². The van der Waals surface area contributed by atoms with Crippen molar-refractivity contribution in [1.82, 2.24) is 0 Å². The van der Waals surface area contributed by atoms with Crippen LogP contribution in [0.5, 0.6) is 0 Å². The molecule has 1 N–H and O–H groups in total. The van der Waals surface area contributed by atoms with Crippen LogP contribution in [-0.2, 0) is 4.79 Å². The molecule has 96 valence electrons. The van der Waals surface area contributed by atoms with Crippen molar-refractivity contribution in [3.8, 4) is 0 Å². The first-order valence-corrected chi connectivity index (χ1v) is 7.94. The second kappa shape index (κ2) is 4.18. The Morgan fingerprint density at radius 2 is 1.65 bits per heavy atom. The summed E-state index contributed by atoms with van der Waals surface area (Å²) in [6.45, 7) is 0. The van der Waals surface area contributed by atoms with E-state index in [4.69, 9.17) is 0 Å². The Morgan fingerprint density at radius 1 is 1.06 bits per heavy atom. The minimum absolute atomic E-state index is 0.403. The zero-order valence-electron chi connectivity index (χ0n) is 10.4. The molecule has 0 bridgehead atoms. The van der Waals surface area contributed by atoms with E-state index in [-0.39, 0.29) is 0 Å². The molecular weight excluding hydrogens is 232 g/mol. The van der Waals surface area contributed by atoms with E-state index in [1.54, 1.807) is 0 Å². The molecule has 1 spiro atoms. The Bertz CT molecular complexity index is 301. The number of carbonyl (C=O) groups is 1. The lowest BCUT2D eigenvalue weighted by Crippen LogP contribution is -2.54. The third kappa shape index (κ3) is 2.00. The second-order valence-corrected chi connectivity index (χ2v) is 8.07. The number of aliphatic carboxylic acids is 1. The summed E-state index contributed by atoms with van der Waals surface area (Å²) in [4.78, 5) is 11.6. The van der Waals surface area contributed by atoms with Gasteiger partial charge in [-0.25, -0.2) is 0 Å². The lowest BCUT2D eigenvalue weighted by atomic mass is 9.60. The van der Waals surface area contributed by atoms with Gasteiger partial charge in [0.1, 0.15) is 4.75 Å². The molecule has 3 saturated carbocycles. The fourth-order valence-corrected chi connectivity index (χ4v) is 6.34. The van der Waals surface area contributed by atoms with E-state index in [0.29, 0.717) is 10.7 Å². The van der Waals surface area contributed by atoms with Crippen molar-refractivity contribution in [2.45, 2.75) is 74.2 Å². The Balaban J connectivity index is 1.66. The smallest absolute Gasteiger partial charge is 0.319 e. The van der Waals surface area contributed by atoms with Gasteiger partial charge in [0, 0.05) is 5.25 Å². The van der Waals surface area contributed by atoms with E-state index in [1.165, 1.54) is 51.4 Å². The summed E-state index contributed by atoms with van der Waals surface area (Å²) in [7, 11) is 0. The van der Waals surface area contributed by atoms with Crippen molar-refractivity contribution in [3.63, 3.8) is 0 Å². The molecule has 3 aliphatic rings. The van der Waals surface area contributed by atoms with Crippen LogP contribution in [0, 0.1) is 5.41 Å². The van der Waals surface area contributed by atoms with Crippen LogP contribution in [0.15, 0.2) is 0 Å². The molecular formula is C14H22O2S. The van der Waals surface area contributed by atoms with Crippen LogP contribution in [0.3, 0.4) is 0 Å². The number of rotatable bonds is 3. The number of hydrogen-bond acceptors (Lipinski definition) is 2. The van der Waals surface area contributed by atoms with Crippen molar-refractivity contribution in [3.05, 3.63) is 0 Å². The topological polar surface area (TPSA) is 37.3 Å². The molecule has 3 fully saturated rings. The molecule has 0 atom stereocenters. The molecule has 3 rings (SSSR count). The van der Waals surface area contributed by atoms with Gasteiger partial charge in [-0.3, -0.25) is 4.79 Å². The van der Waals surface area contributed by atoms with Gasteiger partial charge >= 0.3 is 5.97 Å². The maximum absolute atomic E-state index is 11.6. The molecule has 3 aliphatic carbocycles. The molecule has 0 aromatic carbocycles. The second-order valence-electron chi connectivity index (χ2n) is 6.38. The third-order valence-corrected chi connectivity index (χ3v) is 6.79. The molecule has 0 aromatic rings. The zero-order valence-corrected chi connectivity index (χ0v) is 11.2. The first kappa shape index (κ1) is 11.9. The average molecular weight is 254 g/mol. The van der Waals surface area contributed by atoms with Gasteiger partial charge in [-0.1, -0.05) is 25.7 Å². The predicted molar refractivity (Wildman–Crippen MR) is 70.3 cm³/mol. The molecule has 17 heavy (non-hydrogen) atoms. The van der Waals surface area contributed by atoms with Crippen LogP contribution in [0.1, 0.15) is 64.2 Å². The third-order valence-electron chi connectivity index (χ3n) is 5.07. The number of carboxylic acid groups (broad SMARTS) is 1. The Kier molecular flexibility index (Phi) is 2.92. The van der Waals surface area contributed by atoms with E-state index in [9.17, 15) is 9.90 Å². The van der Waals surface area contributed by atoms with Gasteiger partial charge in [0.2, 0.25) is 0 Å². The first-order valence-electron chi connectivity index (χ1n) is 7.06. The molecule has 0 aromatic heterocycles. The molecule has 0 aliphatic heterocycles. The molecule has 0 saturated heterocycles. The van der Waals surface area contributed by atoms with Crippen LogP contribution in [0.4, 0.5) is 0 Å². The largest absolute Gasteiger partial charge is 0.480 e. The first-order chi connectivity index (χ1) is 8.14. The van der Waals surface area contributed by atoms with Gasteiger partial charge in [-0.2, -0.15) is 0 Å². The maximum atomic E-state index is 11.6. The number of thioether (sulfide) groups is 1. The highest BCUT2D eigenvalue weighted by molar-refractivity contribution is 8.02. The monoisotopic (exact) mass is 254 g/mol. The molecule has 0 heterocycles. The highest BCUT2D eigenvalue weighted by atomic mass is 32.2. The van der Waals surface area contributed by atoms with Crippen molar-refractivity contribution in [2.24, 2.45) is 5.41 Å². The lowest BCUT2D eigenvalue weighted by molar-refractivity contribution is -0.146. The van der Waals surface area contributed by atoms with Crippen LogP contribution >= 0.6 is 11.8 Å². The van der Waals surface area contributed by atoms with Gasteiger partial charge in [0.15, 0.2) is 0 Å². The van der Waals surface area contributed by atoms with Crippen molar-refractivity contribution in [2.75, 3.05) is 0 Å². The summed E-state index contributed by atoms with van der Waals surface area (Å²) in [6.07, 6.45) is 12.2. The molecule has 0 amide bonds. The Morgan fingerprint density at radius 3 is 2.18 bits per heavy atom. The fourth-order valence-electron chi connectivity index (χ4n) is 4.25. The van der Waals surface area contributed by atoms with Crippen LogP contribution in [0.2, 0.25) is 0 Å². The maximum Gasteiger partial charge on any atom is 0.319 e. The zero-order chi connectivity index (χ0) is 11.9. The van der Waals surface area contributed by atoms with E-state index in [1.807, 2.05) is 11.8 Å². The number of carboxylic acids is 1. The lowest BCUT2D eigenvalue weighted by Gasteiger charge is -2.52. The highest BCUT2D eigenvalue weighted by Gasteiger charge is 2.60. The van der Waals surface area contributed by atoms with Gasteiger partial charge in [0.25, 0.3) is 0 Å². The van der Waals surface area contributed by atoms with Gasteiger partial charge in [-0.05, 0) is 43.9 Å². The fraction of sp³-hybridized carbons (Fsp3) is 0.929. The summed E-state index contributed by atoms with van der Waals surface area (Å²) >= 11 is 1.81. The highest BCUT2D eigenvalue weighted by Crippen LogP contribution is 2.64. The van der Waals surface area contributed by atoms with Crippen LogP contribution in [-0.4, -0.2) is 21.1 Å². The molecule has 0 radical (unpaired) electrons. The Labute approximate surface area is 108 Å².